The summed E-state index contributed by atoms with van der Waals surface area (Å²) in [4.78, 5) is 32.6. The second kappa shape index (κ2) is 5.76. The van der Waals surface area contributed by atoms with Crippen LogP contribution in [0, 0.1) is 10.1 Å². The molecule has 0 radical (unpaired) electrons. The van der Waals surface area contributed by atoms with Gasteiger partial charge in [0.2, 0.25) is 5.91 Å². The fourth-order valence-electron chi connectivity index (χ4n) is 1.32. The number of hydrogen-bond donors (Lipinski definition) is 1. The van der Waals surface area contributed by atoms with E-state index in [4.69, 9.17) is 4.74 Å². The molecular formula is C11H12N2O5. The van der Waals surface area contributed by atoms with Gasteiger partial charge in [0, 0.05) is 19.1 Å². The van der Waals surface area contributed by atoms with Crippen molar-refractivity contribution >= 4 is 23.3 Å². The highest BCUT2D eigenvalue weighted by molar-refractivity contribution is 6.01. The summed E-state index contributed by atoms with van der Waals surface area (Å²) >= 11 is 0. The number of benzene rings is 1. The van der Waals surface area contributed by atoms with E-state index in [0.717, 1.165) is 6.07 Å². The van der Waals surface area contributed by atoms with Crippen LogP contribution in [0.15, 0.2) is 18.2 Å². The summed E-state index contributed by atoms with van der Waals surface area (Å²) in [5.74, 6) is -1.10. The molecule has 1 amide bonds. The molecule has 0 spiro atoms. The van der Waals surface area contributed by atoms with Gasteiger partial charge in [0.25, 0.3) is 5.69 Å². The summed E-state index contributed by atoms with van der Waals surface area (Å²) in [6, 6.07) is 3.57. The molecule has 1 N–H and O–H groups in total. The Morgan fingerprint density at radius 3 is 2.61 bits per heavy atom. The predicted octanol–water partition coefficient (Wildman–Crippen LogP) is 1.73. The minimum atomic E-state index is -0.718. The quantitative estimate of drug-likeness (QED) is 0.499. The molecule has 0 atom stereocenters. The third kappa shape index (κ3) is 3.27. The number of rotatable bonds is 4. The van der Waals surface area contributed by atoms with Crippen LogP contribution in [0.1, 0.15) is 24.2 Å². The molecule has 0 aromatic heterocycles. The largest absolute Gasteiger partial charge is 0.462 e. The molecule has 0 aliphatic rings. The van der Waals surface area contributed by atoms with Crippen LogP contribution in [0.2, 0.25) is 0 Å². The molecule has 1 aromatic rings. The van der Waals surface area contributed by atoms with Crippen molar-refractivity contribution in [1.29, 1.82) is 0 Å². The van der Waals surface area contributed by atoms with Crippen molar-refractivity contribution in [2.24, 2.45) is 0 Å². The number of ether oxygens (including phenoxy) is 1. The van der Waals surface area contributed by atoms with Crippen molar-refractivity contribution < 1.29 is 19.2 Å². The lowest BCUT2D eigenvalue weighted by atomic mass is 10.1. The van der Waals surface area contributed by atoms with Crippen LogP contribution >= 0.6 is 0 Å². The maximum Gasteiger partial charge on any atom is 0.340 e. The minimum absolute atomic E-state index is 0.0405. The standard InChI is InChI=1S/C11H12N2O5/c1-3-18-11(15)9-6-8(13(16)17)4-5-10(9)12-7(2)14/h4-6H,3H2,1-2H3,(H,12,14). The molecule has 0 saturated heterocycles. The van der Waals surface area contributed by atoms with Crippen molar-refractivity contribution in [3.05, 3.63) is 33.9 Å². The van der Waals surface area contributed by atoms with Gasteiger partial charge in [-0.3, -0.25) is 14.9 Å². The smallest absolute Gasteiger partial charge is 0.340 e. The number of esters is 1. The van der Waals surface area contributed by atoms with Crippen LogP contribution in [0.3, 0.4) is 0 Å². The average molecular weight is 252 g/mol. The number of nitro groups is 1. The topological polar surface area (TPSA) is 98.5 Å². The van der Waals surface area contributed by atoms with Crippen LogP contribution in [0.25, 0.3) is 0 Å². The Morgan fingerprint density at radius 2 is 2.11 bits per heavy atom. The van der Waals surface area contributed by atoms with Gasteiger partial charge in [0.15, 0.2) is 0 Å². The van der Waals surface area contributed by atoms with Gasteiger partial charge in [-0.05, 0) is 13.0 Å². The monoisotopic (exact) mass is 252 g/mol. The first-order valence-electron chi connectivity index (χ1n) is 5.18. The van der Waals surface area contributed by atoms with Gasteiger partial charge in [-0.2, -0.15) is 0 Å². The predicted molar refractivity (Wildman–Crippen MR) is 63.4 cm³/mol. The third-order valence-corrected chi connectivity index (χ3v) is 2.02. The molecule has 0 aliphatic heterocycles. The van der Waals surface area contributed by atoms with Gasteiger partial charge in [0.1, 0.15) is 0 Å². The summed E-state index contributed by atoms with van der Waals surface area (Å²) in [6.45, 7) is 3.03. The first-order valence-corrected chi connectivity index (χ1v) is 5.18. The summed E-state index contributed by atoms with van der Waals surface area (Å²) in [7, 11) is 0. The molecular weight excluding hydrogens is 240 g/mol. The Hall–Kier alpha value is -2.44. The van der Waals surface area contributed by atoms with Crippen LogP contribution < -0.4 is 5.32 Å². The van der Waals surface area contributed by atoms with Gasteiger partial charge in [-0.15, -0.1) is 0 Å². The van der Waals surface area contributed by atoms with Crippen molar-refractivity contribution in [3.8, 4) is 0 Å². The summed E-state index contributed by atoms with van der Waals surface area (Å²) in [5.41, 5.74) is -0.0973. The summed E-state index contributed by atoms with van der Waals surface area (Å²) in [6.07, 6.45) is 0. The highest BCUT2D eigenvalue weighted by atomic mass is 16.6. The second-order valence-electron chi connectivity index (χ2n) is 3.39. The number of hydrogen-bond acceptors (Lipinski definition) is 5. The summed E-state index contributed by atoms with van der Waals surface area (Å²) in [5, 5.41) is 13.0. The molecule has 7 nitrogen and oxygen atoms in total. The van der Waals surface area contributed by atoms with E-state index < -0.39 is 10.9 Å². The molecule has 0 fully saturated rings. The van der Waals surface area contributed by atoms with Crippen molar-refractivity contribution in [2.75, 3.05) is 11.9 Å². The number of nitrogens with zero attached hydrogens (tertiary/aromatic N) is 1. The maximum atomic E-state index is 11.6. The number of carbonyl (C=O) groups excluding carboxylic acids is 2. The first-order chi connectivity index (χ1) is 8.45. The second-order valence-corrected chi connectivity index (χ2v) is 3.39. The number of non-ortho nitro benzene ring substituents is 1. The number of nitrogens with one attached hydrogen (secondary N) is 1. The highest BCUT2D eigenvalue weighted by Crippen LogP contribution is 2.23. The van der Waals surface area contributed by atoms with E-state index in [-0.39, 0.29) is 29.5 Å². The molecule has 96 valence electrons. The fraction of sp³-hybridized carbons (Fsp3) is 0.273. The lowest BCUT2D eigenvalue weighted by Gasteiger charge is -2.08. The average Bonchev–Trinajstić information content (AvgIpc) is 2.28. The van der Waals surface area contributed by atoms with Crippen LogP contribution in [-0.4, -0.2) is 23.4 Å². The van der Waals surface area contributed by atoms with Crippen molar-refractivity contribution in [3.63, 3.8) is 0 Å². The molecule has 0 aliphatic carbocycles. The highest BCUT2D eigenvalue weighted by Gasteiger charge is 2.18. The van der Waals surface area contributed by atoms with Crippen LogP contribution in [-0.2, 0) is 9.53 Å². The zero-order valence-corrected chi connectivity index (χ0v) is 9.93. The summed E-state index contributed by atoms with van der Waals surface area (Å²) < 4.78 is 4.77. The Bertz CT molecular complexity index is 498. The van der Waals surface area contributed by atoms with E-state index in [0.29, 0.717) is 0 Å². The van der Waals surface area contributed by atoms with E-state index in [1.165, 1.54) is 19.1 Å². The van der Waals surface area contributed by atoms with Gasteiger partial charge >= 0.3 is 5.97 Å². The van der Waals surface area contributed by atoms with E-state index in [2.05, 4.69) is 5.32 Å². The fourth-order valence-corrected chi connectivity index (χ4v) is 1.32. The first kappa shape index (κ1) is 13.6. The Labute approximate surface area is 103 Å². The Kier molecular flexibility index (Phi) is 4.36. The molecule has 1 rings (SSSR count). The normalized spacial score (nSPS) is 9.67. The van der Waals surface area contributed by atoms with Gasteiger partial charge in [-0.1, -0.05) is 0 Å². The molecule has 0 bridgehead atoms. The Balaban J connectivity index is 3.21. The van der Waals surface area contributed by atoms with E-state index in [9.17, 15) is 19.7 Å². The number of anilines is 1. The lowest BCUT2D eigenvalue weighted by molar-refractivity contribution is -0.384. The maximum absolute atomic E-state index is 11.6. The van der Waals surface area contributed by atoms with E-state index >= 15 is 0 Å². The molecule has 0 saturated carbocycles. The minimum Gasteiger partial charge on any atom is -0.462 e. The van der Waals surface area contributed by atoms with Crippen molar-refractivity contribution in [1.82, 2.24) is 0 Å². The lowest BCUT2D eigenvalue weighted by Crippen LogP contribution is -2.13. The molecule has 1 aromatic carbocycles. The van der Waals surface area contributed by atoms with Crippen molar-refractivity contribution in [2.45, 2.75) is 13.8 Å². The third-order valence-electron chi connectivity index (χ3n) is 2.02. The number of amides is 1. The molecule has 7 heteroatoms. The van der Waals surface area contributed by atoms with Crippen LogP contribution in [0.4, 0.5) is 11.4 Å². The SMILES string of the molecule is CCOC(=O)c1cc([N+](=O)[O-])ccc1NC(C)=O. The van der Waals surface area contributed by atoms with Gasteiger partial charge < -0.3 is 10.1 Å². The molecule has 18 heavy (non-hydrogen) atoms. The molecule has 0 unspecified atom stereocenters. The number of carbonyl (C=O) groups is 2. The van der Waals surface area contributed by atoms with E-state index in [1.54, 1.807) is 6.92 Å². The van der Waals surface area contributed by atoms with Crippen LogP contribution in [0.5, 0.6) is 0 Å². The zero-order chi connectivity index (χ0) is 13.7. The van der Waals surface area contributed by atoms with Gasteiger partial charge in [0.05, 0.1) is 22.8 Å². The molecule has 0 heterocycles. The Morgan fingerprint density at radius 1 is 1.44 bits per heavy atom. The number of nitro benzene ring substituents is 1. The zero-order valence-electron chi connectivity index (χ0n) is 9.93. The van der Waals surface area contributed by atoms with Gasteiger partial charge in [-0.25, -0.2) is 4.79 Å². The van der Waals surface area contributed by atoms with E-state index in [1.807, 2.05) is 0 Å².